The maximum absolute atomic E-state index is 12.0. The zero-order valence-corrected chi connectivity index (χ0v) is 29.5. The average Bonchev–Trinajstić information content (AvgIpc) is 3.77. The molecular weight excluding hydrogens is 612 g/mol. The molecule has 3 N–H and O–H groups in total. The number of aliphatic hydroxyl groups is 2. The highest BCUT2D eigenvalue weighted by Gasteiger charge is 2.56. The third-order valence-corrected chi connectivity index (χ3v) is 13.9. The second-order valence-electron chi connectivity index (χ2n) is 16.1. The Kier molecular flexibility index (Phi) is 7.32. The number of piperidine rings is 2. The van der Waals surface area contributed by atoms with Crippen molar-refractivity contribution >= 4 is 16.9 Å². The molecule has 2 saturated heterocycles. The van der Waals surface area contributed by atoms with Gasteiger partial charge in [-0.1, -0.05) is 13.8 Å². The number of hydrogen-bond acceptors (Lipinski definition) is 7. The first-order valence-electron chi connectivity index (χ1n) is 19.1. The van der Waals surface area contributed by atoms with E-state index in [9.17, 15) is 15.0 Å². The lowest BCUT2D eigenvalue weighted by Gasteiger charge is -2.57. The molecule has 1 aromatic heterocycles. The molecule has 0 bridgehead atoms. The molecule has 0 radical (unpaired) electrons. The van der Waals surface area contributed by atoms with Crippen LogP contribution < -0.4 is 10.1 Å². The van der Waals surface area contributed by atoms with E-state index in [1.807, 2.05) is 12.1 Å². The summed E-state index contributed by atoms with van der Waals surface area (Å²) in [5, 5.41) is 28.4. The summed E-state index contributed by atoms with van der Waals surface area (Å²) < 4.78 is 8.15. The molecule has 6 aliphatic heterocycles. The quantitative estimate of drug-likeness (QED) is 0.221. The molecule has 49 heavy (non-hydrogen) atoms. The molecule has 9 rings (SSSR count). The molecule has 0 spiro atoms. The molecule has 0 amide bonds. The van der Waals surface area contributed by atoms with Crippen molar-refractivity contribution in [2.24, 2.45) is 16.7 Å². The second kappa shape index (κ2) is 11.4. The van der Waals surface area contributed by atoms with Crippen LogP contribution in [0, 0.1) is 16.7 Å². The van der Waals surface area contributed by atoms with E-state index in [4.69, 9.17) is 4.74 Å². The van der Waals surface area contributed by atoms with Gasteiger partial charge in [0, 0.05) is 72.6 Å². The van der Waals surface area contributed by atoms with Crippen LogP contribution in [-0.4, -0.2) is 63.3 Å². The average molecular weight is 665 g/mol. The lowest BCUT2D eigenvalue weighted by atomic mass is 9.61. The number of ether oxygens (including phenoxy) is 1. The van der Waals surface area contributed by atoms with Crippen LogP contribution in [-0.2, 0) is 11.2 Å². The summed E-state index contributed by atoms with van der Waals surface area (Å²) >= 11 is 0. The monoisotopic (exact) mass is 664 g/mol. The molecule has 1 aromatic carbocycles. The Labute approximate surface area is 290 Å². The molecule has 7 heterocycles. The SMILES string of the molecule is CCC12CCCN/C(C3=CC(O)=C(O)C3C3CC4(CC)CCCN5CCc6c(n3c3ccc(OC(C)=O)cc63)C54)=C\C3=C1N(CCC2)CC3. The van der Waals surface area contributed by atoms with E-state index in [1.165, 1.54) is 55.9 Å². The maximum atomic E-state index is 12.0. The summed E-state index contributed by atoms with van der Waals surface area (Å²) in [6.07, 6.45) is 16.6. The zero-order valence-electron chi connectivity index (χ0n) is 29.5. The number of esters is 1. The van der Waals surface area contributed by atoms with Gasteiger partial charge >= 0.3 is 5.97 Å². The first kappa shape index (κ1) is 31.3. The van der Waals surface area contributed by atoms with Gasteiger partial charge in [-0.2, -0.15) is 0 Å². The number of hydrogen-bond donors (Lipinski definition) is 3. The predicted octanol–water partition coefficient (Wildman–Crippen LogP) is 7.90. The highest BCUT2D eigenvalue weighted by molar-refractivity contribution is 5.88. The molecule has 5 atom stereocenters. The van der Waals surface area contributed by atoms with E-state index in [0.717, 1.165) is 93.4 Å². The molecule has 1 aliphatic carbocycles. The van der Waals surface area contributed by atoms with Gasteiger partial charge in [0.15, 0.2) is 5.76 Å². The molecule has 8 nitrogen and oxygen atoms in total. The lowest BCUT2D eigenvalue weighted by Crippen LogP contribution is -2.54. The normalized spacial score (nSPS) is 33.6. The molecule has 0 saturated carbocycles. The van der Waals surface area contributed by atoms with E-state index >= 15 is 0 Å². The molecule has 2 fully saturated rings. The fraction of sp³-hybridized carbons (Fsp3) is 0.585. The number of carbonyl (C=O) groups excluding carboxylic acids is 1. The zero-order chi connectivity index (χ0) is 33.7. The van der Waals surface area contributed by atoms with E-state index in [1.54, 1.807) is 5.70 Å². The van der Waals surface area contributed by atoms with Crippen molar-refractivity contribution in [2.75, 3.05) is 32.7 Å². The number of fused-ring (bicyclic) bond motifs is 3. The highest BCUT2D eigenvalue weighted by atomic mass is 16.5. The fourth-order valence-electron chi connectivity index (χ4n) is 11.8. The van der Waals surface area contributed by atoms with Gasteiger partial charge in [0.05, 0.1) is 12.0 Å². The molecule has 260 valence electrons. The Hall–Kier alpha value is -3.65. The Morgan fingerprint density at radius 2 is 1.84 bits per heavy atom. The van der Waals surface area contributed by atoms with Gasteiger partial charge in [0.25, 0.3) is 0 Å². The van der Waals surface area contributed by atoms with Gasteiger partial charge in [-0.05, 0) is 130 Å². The van der Waals surface area contributed by atoms with Gasteiger partial charge in [0.1, 0.15) is 11.5 Å². The van der Waals surface area contributed by atoms with E-state index in [0.29, 0.717) is 11.8 Å². The largest absolute Gasteiger partial charge is 0.508 e. The Balaban J connectivity index is 1.22. The Morgan fingerprint density at radius 3 is 2.65 bits per heavy atom. The first-order valence-corrected chi connectivity index (χ1v) is 19.1. The number of aromatic nitrogens is 1. The standard InChI is InChI=1S/C41H52N4O4/c1-4-40-13-6-16-42-31(21-26-11-19-43(38(26)40)17-7-14-40)30-23-34(47)37(48)35(30)33-24-41(5-2)15-8-18-44-20-12-28-29-22-27(49-25(3)46)9-10-32(29)45(33)36(28)39(41)44/h9-10,21-23,33,35,39,42,47-48H,4-8,11-20,24H2,1-3H3/b31-21-. The predicted molar refractivity (Wildman–Crippen MR) is 191 cm³/mol. The van der Waals surface area contributed by atoms with E-state index in [-0.39, 0.29) is 40.3 Å². The van der Waals surface area contributed by atoms with Crippen LogP contribution in [0.4, 0.5) is 0 Å². The van der Waals surface area contributed by atoms with Gasteiger partial charge < -0.3 is 29.7 Å². The van der Waals surface area contributed by atoms with Crippen molar-refractivity contribution in [3.05, 3.63) is 75.7 Å². The first-order chi connectivity index (χ1) is 23.8. The third kappa shape index (κ3) is 4.54. The Bertz CT molecular complexity index is 1870. The number of nitrogens with one attached hydrogen (secondary N) is 1. The van der Waals surface area contributed by atoms with Crippen molar-refractivity contribution < 1.29 is 19.7 Å². The molecule has 7 aliphatic rings. The van der Waals surface area contributed by atoms with Crippen LogP contribution in [0.25, 0.3) is 10.9 Å². The summed E-state index contributed by atoms with van der Waals surface area (Å²) in [6.45, 7) is 11.4. The van der Waals surface area contributed by atoms with E-state index in [2.05, 4.69) is 51.7 Å². The fourth-order valence-corrected chi connectivity index (χ4v) is 11.8. The third-order valence-electron chi connectivity index (χ3n) is 13.9. The van der Waals surface area contributed by atoms with Crippen LogP contribution in [0.3, 0.4) is 0 Å². The topological polar surface area (TPSA) is 90.2 Å². The summed E-state index contributed by atoms with van der Waals surface area (Å²) in [7, 11) is 0. The van der Waals surface area contributed by atoms with Crippen molar-refractivity contribution in [2.45, 2.75) is 103 Å². The minimum Gasteiger partial charge on any atom is -0.508 e. The van der Waals surface area contributed by atoms with Gasteiger partial charge in [-0.25, -0.2) is 0 Å². The van der Waals surface area contributed by atoms with Crippen molar-refractivity contribution in [3.63, 3.8) is 0 Å². The van der Waals surface area contributed by atoms with Crippen molar-refractivity contribution in [3.8, 4) is 5.75 Å². The summed E-state index contributed by atoms with van der Waals surface area (Å²) in [6, 6.07) is 6.34. The smallest absolute Gasteiger partial charge is 0.308 e. The summed E-state index contributed by atoms with van der Waals surface area (Å²) in [5.41, 5.74) is 9.26. The minimum absolute atomic E-state index is 0.00531. The van der Waals surface area contributed by atoms with Gasteiger partial charge in [-0.3, -0.25) is 9.69 Å². The molecule has 8 heteroatoms. The highest BCUT2D eigenvalue weighted by Crippen LogP contribution is 2.62. The number of nitrogens with zero attached hydrogens (tertiary/aromatic N) is 3. The molecular formula is C41H52N4O4. The second-order valence-corrected chi connectivity index (χ2v) is 16.1. The number of benzene rings is 1. The minimum atomic E-state index is -0.376. The summed E-state index contributed by atoms with van der Waals surface area (Å²) in [5.74, 6) is -0.0228. The van der Waals surface area contributed by atoms with Crippen LogP contribution in [0.2, 0.25) is 0 Å². The van der Waals surface area contributed by atoms with Crippen molar-refractivity contribution in [1.29, 1.82) is 0 Å². The lowest BCUT2D eigenvalue weighted by molar-refractivity contribution is -0.131. The van der Waals surface area contributed by atoms with Gasteiger partial charge in [0.2, 0.25) is 0 Å². The van der Waals surface area contributed by atoms with Crippen LogP contribution in [0.15, 0.2) is 64.4 Å². The Morgan fingerprint density at radius 1 is 1.00 bits per heavy atom. The summed E-state index contributed by atoms with van der Waals surface area (Å²) in [4.78, 5) is 17.4. The number of aliphatic hydroxyl groups excluding tert-OH is 2. The van der Waals surface area contributed by atoms with Gasteiger partial charge in [-0.15, -0.1) is 0 Å². The van der Waals surface area contributed by atoms with Crippen molar-refractivity contribution in [1.82, 2.24) is 19.7 Å². The van der Waals surface area contributed by atoms with Crippen LogP contribution in [0.5, 0.6) is 5.75 Å². The van der Waals surface area contributed by atoms with Crippen LogP contribution in [0.1, 0.15) is 108 Å². The van der Waals surface area contributed by atoms with Crippen LogP contribution >= 0.6 is 0 Å². The number of allylic oxidation sites excluding steroid dienone is 5. The molecule has 2 aromatic rings. The molecule has 5 unspecified atom stereocenters. The van der Waals surface area contributed by atoms with E-state index < -0.39 is 0 Å². The number of rotatable bonds is 5. The number of carbonyl (C=O) groups is 1. The maximum Gasteiger partial charge on any atom is 0.308 e.